The predicted molar refractivity (Wildman–Crippen MR) is 83.9 cm³/mol. The average molecular weight is 354 g/mol. The number of nitriles is 1. The highest BCUT2D eigenvalue weighted by Gasteiger charge is 2.43. The van der Waals surface area contributed by atoms with Gasteiger partial charge < -0.3 is 5.11 Å². The van der Waals surface area contributed by atoms with Crippen LogP contribution in [0.3, 0.4) is 0 Å². The van der Waals surface area contributed by atoms with E-state index < -0.39 is 11.5 Å². The number of benzene rings is 1. The maximum Gasteiger partial charge on any atom is 0.137 e. The molecule has 0 amide bonds. The molecule has 0 bridgehead atoms. The molecule has 1 aromatic carbocycles. The lowest BCUT2D eigenvalue weighted by atomic mass is 9.65. The van der Waals surface area contributed by atoms with Crippen molar-refractivity contribution >= 4 is 15.9 Å². The van der Waals surface area contributed by atoms with Gasteiger partial charge in [0.2, 0.25) is 0 Å². The largest absolute Gasteiger partial charge is 0.387 e. The zero-order valence-corrected chi connectivity index (χ0v) is 14.0. The summed E-state index contributed by atoms with van der Waals surface area (Å²) in [4.78, 5) is 0. The van der Waals surface area contributed by atoms with E-state index in [9.17, 15) is 14.8 Å². The topological polar surface area (TPSA) is 44.0 Å². The molecule has 0 saturated heterocycles. The third-order valence-corrected chi connectivity index (χ3v) is 5.48. The summed E-state index contributed by atoms with van der Waals surface area (Å²) in [5.74, 6) is 0.873. The van der Waals surface area contributed by atoms with Crippen LogP contribution in [0.25, 0.3) is 0 Å². The highest BCUT2D eigenvalue weighted by atomic mass is 79.9. The summed E-state index contributed by atoms with van der Waals surface area (Å²) >= 11 is 3.14. The summed E-state index contributed by atoms with van der Waals surface area (Å²) in [6.07, 6.45) is 2.45. The standard InChI is InChI=1S/C17H21BrFNO/c1-11(2)12-5-7-17(10-20,8-6-12)16(21)13-3-4-15(19)14(18)9-13/h3-4,9,11-12,16,21H,5-8H2,1-2H3. The summed E-state index contributed by atoms with van der Waals surface area (Å²) in [6.45, 7) is 4.41. The Morgan fingerprint density at radius 1 is 1.38 bits per heavy atom. The monoisotopic (exact) mass is 353 g/mol. The van der Waals surface area contributed by atoms with Gasteiger partial charge in [-0.3, -0.25) is 0 Å². The van der Waals surface area contributed by atoms with E-state index in [1.54, 1.807) is 12.1 Å². The Labute approximate surface area is 134 Å². The van der Waals surface area contributed by atoms with Gasteiger partial charge in [0.15, 0.2) is 0 Å². The molecule has 0 radical (unpaired) electrons. The van der Waals surface area contributed by atoms with Gasteiger partial charge in [0.25, 0.3) is 0 Å². The molecule has 1 aromatic rings. The van der Waals surface area contributed by atoms with E-state index in [2.05, 4.69) is 35.8 Å². The number of halogens is 2. The van der Waals surface area contributed by atoms with Crippen LogP contribution in [-0.2, 0) is 0 Å². The van der Waals surface area contributed by atoms with Crippen molar-refractivity contribution in [2.75, 3.05) is 0 Å². The van der Waals surface area contributed by atoms with Crippen LogP contribution < -0.4 is 0 Å². The quantitative estimate of drug-likeness (QED) is 0.832. The number of aliphatic hydroxyl groups is 1. The fourth-order valence-corrected chi connectivity index (χ4v) is 3.67. The normalized spacial score (nSPS) is 27.4. The molecule has 21 heavy (non-hydrogen) atoms. The molecule has 1 atom stereocenters. The van der Waals surface area contributed by atoms with Crippen LogP contribution in [0.15, 0.2) is 22.7 Å². The Morgan fingerprint density at radius 3 is 2.48 bits per heavy atom. The molecule has 4 heteroatoms. The summed E-state index contributed by atoms with van der Waals surface area (Å²) in [5, 5.41) is 20.3. The Balaban J connectivity index is 2.21. The van der Waals surface area contributed by atoms with Gasteiger partial charge in [-0.05, 0) is 71.1 Å². The van der Waals surface area contributed by atoms with Crippen LogP contribution in [-0.4, -0.2) is 5.11 Å². The maximum absolute atomic E-state index is 13.3. The number of aliphatic hydroxyl groups excluding tert-OH is 1. The minimum atomic E-state index is -0.868. The molecule has 1 aliphatic carbocycles. The lowest BCUT2D eigenvalue weighted by molar-refractivity contribution is 0.0189. The molecule has 1 aliphatic rings. The lowest BCUT2D eigenvalue weighted by Crippen LogP contribution is -2.33. The third-order valence-electron chi connectivity index (χ3n) is 4.87. The van der Waals surface area contributed by atoms with Crippen molar-refractivity contribution in [3.05, 3.63) is 34.1 Å². The Bertz CT molecular complexity index is 544. The van der Waals surface area contributed by atoms with E-state index in [1.807, 2.05) is 0 Å². The number of rotatable bonds is 3. The molecule has 1 saturated carbocycles. The zero-order valence-electron chi connectivity index (χ0n) is 12.4. The van der Waals surface area contributed by atoms with E-state index >= 15 is 0 Å². The second-order valence-electron chi connectivity index (χ2n) is 6.43. The molecule has 1 N–H and O–H groups in total. The van der Waals surface area contributed by atoms with Crippen molar-refractivity contribution in [3.8, 4) is 6.07 Å². The van der Waals surface area contributed by atoms with Crippen LogP contribution in [0, 0.1) is 34.4 Å². The zero-order chi connectivity index (χ0) is 15.6. The van der Waals surface area contributed by atoms with E-state index in [0.717, 1.165) is 12.8 Å². The average Bonchev–Trinajstić information content (AvgIpc) is 2.49. The Morgan fingerprint density at radius 2 is 2.00 bits per heavy atom. The molecule has 0 aliphatic heterocycles. The van der Waals surface area contributed by atoms with Crippen molar-refractivity contribution in [2.45, 2.75) is 45.6 Å². The minimum absolute atomic E-state index is 0.322. The minimum Gasteiger partial charge on any atom is -0.387 e. The first-order valence-electron chi connectivity index (χ1n) is 7.44. The van der Waals surface area contributed by atoms with Crippen LogP contribution in [0.5, 0.6) is 0 Å². The fourth-order valence-electron chi connectivity index (χ4n) is 3.27. The summed E-state index contributed by atoms with van der Waals surface area (Å²) in [7, 11) is 0. The van der Waals surface area contributed by atoms with Gasteiger partial charge >= 0.3 is 0 Å². The van der Waals surface area contributed by atoms with Crippen LogP contribution in [0.1, 0.15) is 51.2 Å². The number of hydrogen-bond donors (Lipinski definition) is 1. The highest BCUT2D eigenvalue weighted by molar-refractivity contribution is 9.10. The first-order valence-corrected chi connectivity index (χ1v) is 8.23. The van der Waals surface area contributed by atoms with Crippen LogP contribution in [0.2, 0.25) is 0 Å². The van der Waals surface area contributed by atoms with Crippen molar-refractivity contribution in [2.24, 2.45) is 17.3 Å². The predicted octanol–water partition coefficient (Wildman–Crippen LogP) is 4.98. The second kappa shape index (κ2) is 6.46. The summed E-state index contributed by atoms with van der Waals surface area (Å²) in [6, 6.07) is 6.82. The van der Waals surface area contributed by atoms with E-state index in [-0.39, 0.29) is 5.82 Å². The van der Waals surface area contributed by atoms with Crippen LogP contribution >= 0.6 is 15.9 Å². The van der Waals surface area contributed by atoms with Gasteiger partial charge in [-0.1, -0.05) is 19.9 Å². The number of hydrogen-bond acceptors (Lipinski definition) is 2. The molecular formula is C17H21BrFNO. The summed E-state index contributed by atoms with van der Waals surface area (Å²) in [5.41, 5.74) is -0.143. The smallest absolute Gasteiger partial charge is 0.137 e. The SMILES string of the molecule is CC(C)C1CCC(C#N)(C(O)c2ccc(F)c(Br)c2)CC1. The van der Waals surface area contributed by atoms with Gasteiger partial charge in [-0.2, -0.15) is 5.26 Å². The molecule has 1 unspecified atom stereocenters. The van der Waals surface area contributed by atoms with Crippen molar-refractivity contribution in [1.82, 2.24) is 0 Å². The van der Waals surface area contributed by atoms with Crippen molar-refractivity contribution in [1.29, 1.82) is 5.26 Å². The molecule has 0 heterocycles. The molecule has 2 nitrogen and oxygen atoms in total. The van der Waals surface area contributed by atoms with Gasteiger partial charge in [0.05, 0.1) is 22.1 Å². The third kappa shape index (κ3) is 3.30. The Hall–Kier alpha value is -0.920. The Kier molecular flexibility index (Phi) is 5.06. The highest BCUT2D eigenvalue weighted by Crippen LogP contribution is 2.48. The molecule has 0 spiro atoms. The molecule has 0 aromatic heterocycles. The van der Waals surface area contributed by atoms with Gasteiger partial charge in [-0.15, -0.1) is 0 Å². The molecule has 2 rings (SSSR count). The maximum atomic E-state index is 13.3. The molecule has 1 fully saturated rings. The van der Waals surface area contributed by atoms with Gasteiger partial charge in [-0.25, -0.2) is 4.39 Å². The van der Waals surface area contributed by atoms with E-state index in [1.165, 1.54) is 6.07 Å². The number of nitrogens with zero attached hydrogens (tertiary/aromatic N) is 1. The van der Waals surface area contributed by atoms with E-state index in [4.69, 9.17) is 0 Å². The van der Waals surface area contributed by atoms with Crippen LogP contribution in [0.4, 0.5) is 4.39 Å². The summed E-state index contributed by atoms with van der Waals surface area (Å²) < 4.78 is 13.7. The fraction of sp³-hybridized carbons (Fsp3) is 0.588. The van der Waals surface area contributed by atoms with Crippen molar-refractivity contribution in [3.63, 3.8) is 0 Å². The van der Waals surface area contributed by atoms with E-state index in [0.29, 0.717) is 34.7 Å². The van der Waals surface area contributed by atoms with Gasteiger partial charge in [0.1, 0.15) is 5.82 Å². The first-order chi connectivity index (χ1) is 9.89. The lowest BCUT2D eigenvalue weighted by Gasteiger charge is -2.39. The molecule has 114 valence electrons. The van der Waals surface area contributed by atoms with Gasteiger partial charge in [0, 0.05) is 0 Å². The second-order valence-corrected chi connectivity index (χ2v) is 7.28. The molecular weight excluding hydrogens is 333 g/mol. The first kappa shape index (κ1) is 16.5. The van der Waals surface area contributed by atoms with Crippen molar-refractivity contribution < 1.29 is 9.50 Å².